The molecule has 1 aromatic carbocycles. The minimum atomic E-state index is -1.62. The Morgan fingerprint density at radius 3 is 2.50 bits per heavy atom. The van der Waals surface area contributed by atoms with Gasteiger partial charge in [0.15, 0.2) is 6.10 Å². The van der Waals surface area contributed by atoms with Crippen LogP contribution in [0.3, 0.4) is 0 Å². The van der Waals surface area contributed by atoms with Gasteiger partial charge >= 0.3 is 12.0 Å². The number of carbonyl (C=O) groups excluding carboxylic acids is 1. The summed E-state index contributed by atoms with van der Waals surface area (Å²) in [6.45, 7) is 2.27. The Bertz CT molecular complexity index is 447. The predicted molar refractivity (Wildman–Crippen MR) is 72.9 cm³/mol. The minimum Gasteiger partial charge on any atom is -0.494 e. The highest BCUT2D eigenvalue weighted by Gasteiger charge is 2.13. The first-order valence-electron chi connectivity index (χ1n) is 6.21. The van der Waals surface area contributed by atoms with Crippen molar-refractivity contribution in [3.8, 4) is 5.75 Å². The number of carboxylic acids is 1. The fourth-order valence-electron chi connectivity index (χ4n) is 1.31. The van der Waals surface area contributed by atoms with Crippen molar-refractivity contribution >= 4 is 17.7 Å². The molecule has 0 bridgehead atoms. The van der Waals surface area contributed by atoms with Crippen LogP contribution in [0.2, 0.25) is 0 Å². The molecule has 1 rings (SSSR count). The van der Waals surface area contributed by atoms with Gasteiger partial charge in [0.05, 0.1) is 13.2 Å². The molecule has 0 saturated carbocycles. The number of amides is 2. The molecule has 0 radical (unpaired) electrons. The number of benzene rings is 1. The highest BCUT2D eigenvalue weighted by atomic mass is 16.5. The summed E-state index contributed by atoms with van der Waals surface area (Å²) in [6.07, 6.45) is -0.709. The van der Waals surface area contributed by atoms with Crippen molar-refractivity contribution in [1.82, 2.24) is 5.32 Å². The summed E-state index contributed by atoms with van der Waals surface area (Å²) in [5.74, 6) is -0.679. The number of hydrogen-bond donors (Lipinski definition) is 4. The molecule has 7 nitrogen and oxygen atoms in total. The van der Waals surface area contributed by atoms with Crippen molar-refractivity contribution in [3.05, 3.63) is 24.3 Å². The number of hydrogen-bond acceptors (Lipinski definition) is 4. The summed E-state index contributed by atoms with van der Waals surface area (Å²) in [5.41, 5.74) is 0.538. The van der Waals surface area contributed by atoms with E-state index in [0.717, 1.165) is 6.42 Å². The molecule has 0 spiro atoms. The van der Waals surface area contributed by atoms with Crippen LogP contribution in [0, 0.1) is 0 Å². The van der Waals surface area contributed by atoms with Gasteiger partial charge in [0.2, 0.25) is 0 Å². The van der Waals surface area contributed by atoms with Crippen LogP contribution in [0.15, 0.2) is 24.3 Å². The number of aliphatic hydroxyl groups is 1. The van der Waals surface area contributed by atoms with Crippen LogP contribution >= 0.6 is 0 Å². The van der Waals surface area contributed by atoms with Gasteiger partial charge in [-0.15, -0.1) is 0 Å². The average molecular weight is 282 g/mol. The summed E-state index contributed by atoms with van der Waals surface area (Å²) >= 11 is 0. The molecular formula is C13H18N2O5. The smallest absolute Gasteiger partial charge is 0.334 e. The number of nitrogens with one attached hydrogen (secondary N) is 2. The van der Waals surface area contributed by atoms with Crippen molar-refractivity contribution < 1.29 is 24.5 Å². The second-order valence-corrected chi connectivity index (χ2v) is 4.06. The van der Waals surface area contributed by atoms with Gasteiger partial charge in [-0.25, -0.2) is 9.59 Å². The standard InChI is InChI=1S/C13H18N2O5/c1-2-7-20-10-5-3-9(4-6-10)15-13(19)14-8-11(16)12(17)18/h3-6,11,16H,2,7-8H2,1H3,(H,17,18)(H2,14,15,19)/t11-/m0/s1. The van der Waals surface area contributed by atoms with E-state index < -0.39 is 18.1 Å². The van der Waals surface area contributed by atoms with Crippen molar-refractivity contribution in [2.24, 2.45) is 0 Å². The van der Waals surface area contributed by atoms with E-state index in [4.69, 9.17) is 14.9 Å². The predicted octanol–water partition coefficient (Wildman–Crippen LogP) is 1.04. The number of urea groups is 1. The third-order valence-corrected chi connectivity index (χ3v) is 2.33. The van der Waals surface area contributed by atoms with Crippen molar-refractivity contribution in [1.29, 1.82) is 0 Å². The zero-order valence-electron chi connectivity index (χ0n) is 11.1. The first-order chi connectivity index (χ1) is 9.52. The molecule has 0 fully saturated rings. The van der Waals surface area contributed by atoms with E-state index in [-0.39, 0.29) is 6.54 Å². The lowest BCUT2D eigenvalue weighted by molar-refractivity contribution is -0.146. The molecule has 110 valence electrons. The molecule has 0 aromatic heterocycles. The van der Waals surface area contributed by atoms with Gasteiger partial charge in [0, 0.05) is 5.69 Å². The molecule has 0 heterocycles. The Kier molecular flexibility index (Phi) is 6.31. The Balaban J connectivity index is 2.40. The number of aliphatic carboxylic acids is 1. The second kappa shape index (κ2) is 8.00. The number of rotatable bonds is 7. The Morgan fingerprint density at radius 2 is 1.95 bits per heavy atom. The first kappa shape index (κ1) is 15.8. The highest BCUT2D eigenvalue weighted by molar-refractivity contribution is 5.89. The maximum atomic E-state index is 11.4. The Hall–Kier alpha value is -2.28. The normalized spacial score (nSPS) is 11.5. The second-order valence-electron chi connectivity index (χ2n) is 4.06. The lowest BCUT2D eigenvalue weighted by Crippen LogP contribution is -2.38. The van der Waals surface area contributed by atoms with Crippen LogP contribution in [0.1, 0.15) is 13.3 Å². The van der Waals surface area contributed by atoms with Crippen LogP contribution in [-0.4, -0.2) is 41.5 Å². The molecule has 0 aliphatic heterocycles. The Labute approximate surface area is 116 Å². The fraction of sp³-hybridized carbons (Fsp3) is 0.385. The largest absolute Gasteiger partial charge is 0.494 e. The summed E-state index contributed by atoms with van der Waals surface area (Å²) in [4.78, 5) is 21.8. The van der Waals surface area contributed by atoms with Gasteiger partial charge in [0.1, 0.15) is 5.75 Å². The number of anilines is 1. The van der Waals surface area contributed by atoms with E-state index in [0.29, 0.717) is 18.0 Å². The van der Waals surface area contributed by atoms with Crippen molar-refractivity contribution in [2.45, 2.75) is 19.4 Å². The number of carboxylic acid groups (broad SMARTS) is 1. The van der Waals surface area contributed by atoms with Crippen LogP contribution in [-0.2, 0) is 4.79 Å². The molecule has 20 heavy (non-hydrogen) atoms. The van der Waals surface area contributed by atoms with Gasteiger partial charge in [-0.05, 0) is 30.7 Å². The van der Waals surface area contributed by atoms with E-state index in [1.165, 1.54) is 0 Å². The fourth-order valence-corrected chi connectivity index (χ4v) is 1.31. The summed E-state index contributed by atoms with van der Waals surface area (Å²) in [7, 11) is 0. The maximum absolute atomic E-state index is 11.4. The van der Waals surface area contributed by atoms with E-state index in [1.807, 2.05) is 6.92 Å². The summed E-state index contributed by atoms with van der Waals surface area (Å²) in [5, 5.41) is 22.2. The lowest BCUT2D eigenvalue weighted by Gasteiger charge is -2.10. The minimum absolute atomic E-state index is 0.362. The summed E-state index contributed by atoms with van der Waals surface area (Å²) < 4.78 is 5.39. The Morgan fingerprint density at radius 1 is 1.30 bits per heavy atom. The monoisotopic (exact) mass is 282 g/mol. The molecule has 1 atom stereocenters. The van der Waals surface area contributed by atoms with Crippen LogP contribution < -0.4 is 15.4 Å². The van der Waals surface area contributed by atoms with Crippen molar-refractivity contribution in [3.63, 3.8) is 0 Å². The molecular weight excluding hydrogens is 264 g/mol. The molecule has 7 heteroatoms. The third-order valence-electron chi connectivity index (χ3n) is 2.33. The van der Waals surface area contributed by atoms with Crippen LogP contribution in [0.4, 0.5) is 10.5 Å². The zero-order chi connectivity index (χ0) is 15.0. The van der Waals surface area contributed by atoms with Gasteiger partial charge in [-0.3, -0.25) is 0 Å². The molecule has 2 amide bonds. The SMILES string of the molecule is CCCOc1ccc(NC(=O)NC[C@H](O)C(=O)O)cc1. The molecule has 4 N–H and O–H groups in total. The van der Waals surface area contributed by atoms with Gasteiger partial charge in [-0.2, -0.15) is 0 Å². The van der Waals surface area contributed by atoms with Gasteiger partial charge < -0.3 is 25.6 Å². The average Bonchev–Trinajstić information content (AvgIpc) is 2.44. The summed E-state index contributed by atoms with van der Waals surface area (Å²) in [6, 6.07) is 6.18. The number of ether oxygens (including phenoxy) is 1. The topological polar surface area (TPSA) is 108 Å². The molecule has 0 aliphatic rings. The van der Waals surface area contributed by atoms with E-state index >= 15 is 0 Å². The molecule has 0 aliphatic carbocycles. The third kappa shape index (κ3) is 5.57. The first-order valence-corrected chi connectivity index (χ1v) is 6.21. The zero-order valence-corrected chi connectivity index (χ0v) is 11.1. The van der Waals surface area contributed by atoms with Crippen LogP contribution in [0.25, 0.3) is 0 Å². The van der Waals surface area contributed by atoms with Crippen molar-refractivity contribution in [2.75, 3.05) is 18.5 Å². The van der Waals surface area contributed by atoms with E-state index in [1.54, 1.807) is 24.3 Å². The lowest BCUT2D eigenvalue weighted by atomic mass is 10.3. The number of aliphatic hydroxyl groups excluding tert-OH is 1. The molecule has 1 aromatic rings. The van der Waals surface area contributed by atoms with Gasteiger partial charge in [0.25, 0.3) is 0 Å². The van der Waals surface area contributed by atoms with Gasteiger partial charge in [-0.1, -0.05) is 6.92 Å². The molecule has 0 unspecified atom stereocenters. The van der Waals surface area contributed by atoms with Crippen LogP contribution in [0.5, 0.6) is 5.75 Å². The number of carbonyl (C=O) groups is 2. The van der Waals surface area contributed by atoms with E-state index in [9.17, 15) is 9.59 Å². The molecule has 0 saturated heterocycles. The highest BCUT2D eigenvalue weighted by Crippen LogP contribution is 2.15. The van der Waals surface area contributed by atoms with E-state index in [2.05, 4.69) is 10.6 Å². The quantitative estimate of drug-likeness (QED) is 0.597. The maximum Gasteiger partial charge on any atom is 0.334 e.